The molecule has 74 valence electrons. The maximum atomic E-state index is 13.1. The van der Waals surface area contributed by atoms with Crippen molar-refractivity contribution >= 4 is 5.97 Å². The zero-order valence-electron chi connectivity index (χ0n) is 7.37. The van der Waals surface area contributed by atoms with E-state index in [0.29, 0.717) is 12.0 Å². The van der Waals surface area contributed by atoms with Crippen molar-refractivity contribution in [3.8, 4) is 5.75 Å². The minimum Gasteiger partial charge on any atom is -0.489 e. The molecule has 1 heterocycles. The first-order valence-corrected chi connectivity index (χ1v) is 4.31. The van der Waals surface area contributed by atoms with Crippen LogP contribution in [0.25, 0.3) is 0 Å². The van der Waals surface area contributed by atoms with E-state index in [1.165, 1.54) is 6.07 Å². The zero-order valence-corrected chi connectivity index (χ0v) is 7.37. The number of hydrogen-bond donors (Lipinski definition) is 1. The molecule has 0 bridgehead atoms. The molecule has 1 aromatic carbocycles. The Labute approximate surface area is 80.1 Å². The maximum absolute atomic E-state index is 13.1. The number of carbonyl (C=O) groups is 1. The Kier molecular flexibility index (Phi) is 2.11. The fourth-order valence-corrected chi connectivity index (χ4v) is 1.54. The van der Waals surface area contributed by atoms with Gasteiger partial charge in [0.25, 0.3) is 0 Å². The minimum absolute atomic E-state index is 0.0449. The van der Waals surface area contributed by atoms with E-state index in [4.69, 9.17) is 9.84 Å². The average Bonchev–Trinajstić information content (AvgIpc) is 2.17. The molecule has 0 spiro atoms. The molecule has 0 radical (unpaired) electrons. The predicted octanol–water partition coefficient (Wildman–Crippen LogP) is 1.46. The van der Waals surface area contributed by atoms with E-state index in [0.717, 1.165) is 0 Å². The molecular formula is C10H9FO3. The van der Waals surface area contributed by atoms with Crippen molar-refractivity contribution in [3.63, 3.8) is 0 Å². The number of hydrogen-bond acceptors (Lipinski definition) is 2. The summed E-state index contributed by atoms with van der Waals surface area (Å²) in [6.45, 7) is 0.0449. The Morgan fingerprint density at radius 3 is 3.07 bits per heavy atom. The van der Waals surface area contributed by atoms with Crippen LogP contribution < -0.4 is 4.74 Å². The smallest absolute Gasteiger partial charge is 0.310 e. The summed E-state index contributed by atoms with van der Waals surface area (Å²) in [7, 11) is 0. The molecule has 0 aromatic heterocycles. The van der Waals surface area contributed by atoms with Gasteiger partial charge in [0.1, 0.15) is 6.61 Å². The predicted molar refractivity (Wildman–Crippen MR) is 46.7 cm³/mol. The summed E-state index contributed by atoms with van der Waals surface area (Å²) in [4.78, 5) is 10.7. The SMILES string of the molecule is O=C(O)[C@H]1COc2c(F)cccc2C1. The third-order valence-corrected chi connectivity index (χ3v) is 2.29. The molecule has 2 rings (SSSR count). The highest BCUT2D eigenvalue weighted by Crippen LogP contribution is 2.29. The molecule has 4 heteroatoms. The van der Waals surface area contributed by atoms with Gasteiger partial charge in [0.15, 0.2) is 11.6 Å². The lowest BCUT2D eigenvalue weighted by atomic mass is 9.97. The van der Waals surface area contributed by atoms with E-state index < -0.39 is 17.7 Å². The van der Waals surface area contributed by atoms with Crippen LogP contribution >= 0.6 is 0 Å². The van der Waals surface area contributed by atoms with Crippen LogP contribution in [-0.4, -0.2) is 17.7 Å². The van der Waals surface area contributed by atoms with Crippen LogP contribution in [-0.2, 0) is 11.2 Å². The molecular weight excluding hydrogens is 187 g/mol. The second-order valence-electron chi connectivity index (χ2n) is 3.28. The van der Waals surface area contributed by atoms with Gasteiger partial charge >= 0.3 is 5.97 Å². The van der Waals surface area contributed by atoms with E-state index >= 15 is 0 Å². The van der Waals surface area contributed by atoms with Crippen molar-refractivity contribution in [1.29, 1.82) is 0 Å². The monoisotopic (exact) mass is 196 g/mol. The van der Waals surface area contributed by atoms with Crippen LogP contribution in [0.3, 0.4) is 0 Å². The Balaban J connectivity index is 2.31. The standard InChI is InChI=1S/C10H9FO3/c11-8-3-1-2-6-4-7(10(12)13)5-14-9(6)8/h1-3,7H,4-5H2,(H,12,13)/t7-/m1/s1. The summed E-state index contributed by atoms with van der Waals surface area (Å²) < 4.78 is 18.2. The lowest BCUT2D eigenvalue weighted by Gasteiger charge is -2.22. The molecule has 1 N–H and O–H groups in total. The molecule has 0 saturated carbocycles. The quantitative estimate of drug-likeness (QED) is 0.739. The van der Waals surface area contributed by atoms with Gasteiger partial charge in [-0.25, -0.2) is 4.39 Å². The molecule has 1 aliphatic heterocycles. The number of aliphatic carboxylic acids is 1. The molecule has 0 unspecified atom stereocenters. The van der Waals surface area contributed by atoms with Crippen LogP contribution in [0, 0.1) is 11.7 Å². The Morgan fingerprint density at radius 2 is 2.36 bits per heavy atom. The number of halogens is 1. The third kappa shape index (κ3) is 1.43. The molecule has 0 fully saturated rings. The highest BCUT2D eigenvalue weighted by molar-refractivity contribution is 5.71. The van der Waals surface area contributed by atoms with E-state index in [1.54, 1.807) is 12.1 Å². The van der Waals surface area contributed by atoms with Crippen LogP contribution in [0.2, 0.25) is 0 Å². The van der Waals surface area contributed by atoms with Crippen molar-refractivity contribution in [1.82, 2.24) is 0 Å². The molecule has 1 aliphatic rings. The van der Waals surface area contributed by atoms with Crippen molar-refractivity contribution in [2.45, 2.75) is 6.42 Å². The maximum Gasteiger partial charge on any atom is 0.310 e. The number of ether oxygens (including phenoxy) is 1. The summed E-state index contributed by atoms with van der Waals surface area (Å²) in [5.41, 5.74) is 0.628. The number of fused-ring (bicyclic) bond motifs is 1. The van der Waals surface area contributed by atoms with Crippen molar-refractivity contribution < 1.29 is 19.0 Å². The molecule has 0 aliphatic carbocycles. The lowest BCUT2D eigenvalue weighted by molar-refractivity contribution is -0.143. The first-order valence-electron chi connectivity index (χ1n) is 4.31. The Bertz CT molecular complexity index is 376. The number of carboxylic acids is 1. The fraction of sp³-hybridized carbons (Fsp3) is 0.300. The topological polar surface area (TPSA) is 46.5 Å². The molecule has 0 saturated heterocycles. The van der Waals surface area contributed by atoms with Gasteiger partial charge in [-0.15, -0.1) is 0 Å². The van der Waals surface area contributed by atoms with Crippen LogP contribution in [0.1, 0.15) is 5.56 Å². The minimum atomic E-state index is -0.903. The molecule has 1 aromatic rings. The normalized spacial score (nSPS) is 19.6. The summed E-state index contributed by atoms with van der Waals surface area (Å²) >= 11 is 0. The second-order valence-corrected chi connectivity index (χ2v) is 3.28. The number of para-hydroxylation sites is 1. The summed E-state index contributed by atoms with van der Waals surface area (Å²) in [6.07, 6.45) is 0.336. The summed E-state index contributed by atoms with van der Waals surface area (Å²) in [5, 5.41) is 8.76. The number of rotatable bonds is 1. The van der Waals surface area contributed by atoms with Gasteiger partial charge in [-0.2, -0.15) is 0 Å². The van der Waals surface area contributed by atoms with Crippen molar-refractivity contribution in [2.24, 2.45) is 5.92 Å². The van der Waals surface area contributed by atoms with Gasteiger partial charge in [0.05, 0.1) is 5.92 Å². The summed E-state index contributed by atoms with van der Waals surface area (Å²) in [5.74, 6) is -1.69. The molecule has 3 nitrogen and oxygen atoms in total. The van der Waals surface area contributed by atoms with E-state index in [9.17, 15) is 9.18 Å². The van der Waals surface area contributed by atoms with Crippen LogP contribution in [0.5, 0.6) is 5.75 Å². The van der Waals surface area contributed by atoms with Crippen LogP contribution in [0.4, 0.5) is 4.39 Å². The van der Waals surface area contributed by atoms with Crippen LogP contribution in [0.15, 0.2) is 18.2 Å². The van der Waals surface area contributed by atoms with E-state index in [1.807, 2.05) is 0 Å². The average molecular weight is 196 g/mol. The third-order valence-electron chi connectivity index (χ3n) is 2.29. The number of benzene rings is 1. The van der Waals surface area contributed by atoms with Gasteiger partial charge in [0, 0.05) is 0 Å². The number of carboxylic acid groups (broad SMARTS) is 1. The van der Waals surface area contributed by atoms with E-state index in [-0.39, 0.29) is 12.4 Å². The molecule has 14 heavy (non-hydrogen) atoms. The first kappa shape index (κ1) is 8.99. The Hall–Kier alpha value is -1.58. The van der Waals surface area contributed by atoms with Crippen molar-refractivity contribution in [2.75, 3.05) is 6.61 Å². The fourth-order valence-electron chi connectivity index (χ4n) is 1.54. The molecule has 1 atom stereocenters. The van der Waals surface area contributed by atoms with Gasteiger partial charge in [-0.1, -0.05) is 12.1 Å². The summed E-state index contributed by atoms with van der Waals surface area (Å²) in [6, 6.07) is 4.55. The van der Waals surface area contributed by atoms with Gasteiger partial charge in [0.2, 0.25) is 0 Å². The largest absolute Gasteiger partial charge is 0.489 e. The first-order chi connectivity index (χ1) is 6.68. The lowest BCUT2D eigenvalue weighted by Crippen LogP contribution is -2.28. The van der Waals surface area contributed by atoms with E-state index in [2.05, 4.69) is 0 Å². The Morgan fingerprint density at radius 1 is 1.57 bits per heavy atom. The zero-order chi connectivity index (χ0) is 10.1. The molecule has 0 amide bonds. The second kappa shape index (κ2) is 3.29. The van der Waals surface area contributed by atoms with Gasteiger partial charge in [-0.3, -0.25) is 4.79 Å². The van der Waals surface area contributed by atoms with Crippen molar-refractivity contribution in [3.05, 3.63) is 29.6 Å². The van der Waals surface area contributed by atoms with Gasteiger partial charge < -0.3 is 9.84 Å². The highest BCUT2D eigenvalue weighted by atomic mass is 19.1. The highest BCUT2D eigenvalue weighted by Gasteiger charge is 2.26. The van der Waals surface area contributed by atoms with Gasteiger partial charge in [-0.05, 0) is 18.1 Å².